The van der Waals surface area contributed by atoms with Gasteiger partial charge in [0.05, 0.1) is 17.4 Å². The van der Waals surface area contributed by atoms with Gasteiger partial charge in [0, 0.05) is 11.4 Å². The van der Waals surface area contributed by atoms with Crippen molar-refractivity contribution in [2.75, 3.05) is 17.6 Å². The Morgan fingerprint density at radius 1 is 1.50 bits per heavy atom. The molecule has 0 unspecified atom stereocenters. The van der Waals surface area contributed by atoms with Crippen LogP contribution >= 0.6 is 11.3 Å². The van der Waals surface area contributed by atoms with Crippen LogP contribution in [0, 0.1) is 0 Å². The number of aromatic nitrogens is 1. The van der Waals surface area contributed by atoms with Crippen molar-refractivity contribution in [2.45, 2.75) is 6.42 Å². The summed E-state index contributed by atoms with van der Waals surface area (Å²) in [6.45, 7) is 0.746. The van der Waals surface area contributed by atoms with Crippen LogP contribution < -0.4 is 16.8 Å². The first kappa shape index (κ1) is 12.4. The summed E-state index contributed by atoms with van der Waals surface area (Å²) >= 11 is 1.71. The van der Waals surface area contributed by atoms with Gasteiger partial charge in [-0.1, -0.05) is 6.07 Å². The number of amides is 1. The zero-order valence-electron chi connectivity index (χ0n) is 9.72. The Morgan fingerprint density at radius 3 is 3.00 bits per heavy atom. The highest BCUT2D eigenvalue weighted by atomic mass is 32.1. The summed E-state index contributed by atoms with van der Waals surface area (Å²) in [4.78, 5) is 16.5. The minimum atomic E-state index is -0.545. The molecule has 0 bridgehead atoms. The highest BCUT2D eigenvalue weighted by Gasteiger charge is 2.07. The number of anilines is 2. The van der Waals surface area contributed by atoms with Crippen molar-refractivity contribution >= 4 is 28.7 Å². The van der Waals surface area contributed by atoms with Gasteiger partial charge >= 0.3 is 0 Å². The summed E-state index contributed by atoms with van der Waals surface area (Å²) in [5.41, 5.74) is 11.4. The van der Waals surface area contributed by atoms with Gasteiger partial charge in [0.2, 0.25) is 0 Å². The van der Waals surface area contributed by atoms with Crippen LogP contribution in [0.15, 0.2) is 29.8 Å². The van der Waals surface area contributed by atoms with Crippen LogP contribution in [-0.4, -0.2) is 17.4 Å². The normalized spacial score (nSPS) is 10.2. The molecule has 1 amide bonds. The van der Waals surface area contributed by atoms with Crippen LogP contribution in [0.25, 0.3) is 0 Å². The quantitative estimate of drug-likeness (QED) is 0.760. The first-order chi connectivity index (χ1) is 8.66. The fraction of sp³-hybridized carbons (Fsp3) is 0.167. The molecule has 0 aliphatic rings. The maximum atomic E-state index is 11.1. The molecule has 0 fully saturated rings. The van der Waals surface area contributed by atoms with Crippen LogP contribution in [0.4, 0.5) is 11.5 Å². The van der Waals surface area contributed by atoms with E-state index in [1.54, 1.807) is 17.4 Å². The van der Waals surface area contributed by atoms with Crippen LogP contribution in [0.3, 0.4) is 0 Å². The molecule has 0 aliphatic carbocycles. The predicted molar refractivity (Wildman–Crippen MR) is 73.7 cm³/mol. The molecule has 0 radical (unpaired) electrons. The molecular weight excluding hydrogens is 248 g/mol. The molecule has 18 heavy (non-hydrogen) atoms. The zero-order valence-corrected chi connectivity index (χ0v) is 10.5. The fourth-order valence-electron chi connectivity index (χ4n) is 1.54. The Morgan fingerprint density at radius 2 is 2.33 bits per heavy atom. The SMILES string of the molecule is NC(=O)c1cc(NCCc2cccs2)ncc1N. The van der Waals surface area contributed by atoms with Crippen LogP contribution in [0.1, 0.15) is 15.2 Å². The number of nitrogens with one attached hydrogen (secondary N) is 1. The largest absolute Gasteiger partial charge is 0.397 e. The number of thiophene rings is 1. The first-order valence-electron chi connectivity index (χ1n) is 5.48. The minimum absolute atomic E-state index is 0.295. The lowest BCUT2D eigenvalue weighted by molar-refractivity contribution is 0.100. The number of hydrogen-bond donors (Lipinski definition) is 3. The molecular formula is C12H14N4OS. The molecule has 0 aromatic carbocycles. The van der Waals surface area contributed by atoms with Crippen LogP contribution in [-0.2, 0) is 6.42 Å². The van der Waals surface area contributed by atoms with Crippen molar-refractivity contribution in [2.24, 2.45) is 5.73 Å². The standard InChI is InChI=1S/C12H14N4OS/c13-10-7-16-11(6-9(10)12(14)17)15-4-3-8-2-1-5-18-8/h1-2,5-7H,3-4,13H2,(H2,14,17)(H,15,16). The van der Waals surface area contributed by atoms with E-state index < -0.39 is 5.91 Å². The van der Waals surface area contributed by atoms with Crippen molar-refractivity contribution in [3.05, 3.63) is 40.2 Å². The smallest absolute Gasteiger partial charge is 0.250 e. The number of carbonyl (C=O) groups excluding carboxylic acids is 1. The number of pyridine rings is 1. The highest BCUT2D eigenvalue weighted by molar-refractivity contribution is 7.09. The molecule has 5 N–H and O–H groups in total. The van der Waals surface area contributed by atoms with E-state index in [0.717, 1.165) is 13.0 Å². The maximum Gasteiger partial charge on any atom is 0.250 e. The number of nitrogen functional groups attached to an aromatic ring is 1. The molecule has 2 aromatic rings. The van der Waals surface area contributed by atoms with Gasteiger partial charge in [0.25, 0.3) is 5.91 Å². The Labute approximate surface area is 109 Å². The number of hydrogen-bond acceptors (Lipinski definition) is 5. The van der Waals surface area contributed by atoms with Gasteiger partial charge in [-0.05, 0) is 23.9 Å². The lowest BCUT2D eigenvalue weighted by Gasteiger charge is -2.07. The Hall–Kier alpha value is -2.08. The summed E-state index contributed by atoms with van der Waals surface area (Å²) in [7, 11) is 0. The number of nitrogens with zero attached hydrogens (tertiary/aromatic N) is 1. The lowest BCUT2D eigenvalue weighted by Crippen LogP contribution is -2.15. The van der Waals surface area contributed by atoms with Crippen molar-refractivity contribution in [3.63, 3.8) is 0 Å². The number of nitrogens with two attached hydrogens (primary N) is 2. The van der Waals surface area contributed by atoms with E-state index in [4.69, 9.17) is 11.5 Å². The van der Waals surface area contributed by atoms with Gasteiger partial charge < -0.3 is 16.8 Å². The van der Waals surface area contributed by atoms with E-state index >= 15 is 0 Å². The van der Waals surface area contributed by atoms with Crippen molar-refractivity contribution in [1.29, 1.82) is 0 Å². The van der Waals surface area contributed by atoms with Crippen molar-refractivity contribution in [1.82, 2.24) is 4.98 Å². The van der Waals surface area contributed by atoms with Gasteiger partial charge in [0.1, 0.15) is 5.82 Å². The van der Waals surface area contributed by atoms with E-state index in [1.165, 1.54) is 11.1 Å². The Bertz CT molecular complexity index is 539. The topological polar surface area (TPSA) is 94.0 Å². The second kappa shape index (κ2) is 5.50. The van der Waals surface area contributed by atoms with Crippen molar-refractivity contribution in [3.8, 4) is 0 Å². The minimum Gasteiger partial charge on any atom is -0.397 e. The third kappa shape index (κ3) is 2.98. The molecule has 2 aromatic heterocycles. The maximum absolute atomic E-state index is 11.1. The summed E-state index contributed by atoms with van der Waals surface area (Å²) in [5, 5.41) is 5.18. The van der Waals surface area contributed by atoms with E-state index in [2.05, 4.69) is 16.4 Å². The molecule has 0 saturated heterocycles. The summed E-state index contributed by atoms with van der Waals surface area (Å²) in [6.07, 6.45) is 2.35. The van der Waals surface area contributed by atoms with Crippen molar-refractivity contribution < 1.29 is 4.79 Å². The second-order valence-electron chi connectivity index (χ2n) is 3.78. The molecule has 94 valence electrons. The van der Waals surface area contributed by atoms with Gasteiger partial charge in [-0.15, -0.1) is 11.3 Å². The summed E-state index contributed by atoms with van der Waals surface area (Å²) in [6, 6.07) is 5.68. The van der Waals surface area contributed by atoms with Gasteiger partial charge in [-0.2, -0.15) is 0 Å². The number of rotatable bonds is 5. The number of primary amides is 1. The molecule has 0 saturated carbocycles. The van der Waals surface area contributed by atoms with Gasteiger partial charge in [-0.3, -0.25) is 4.79 Å². The molecule has 5 nitrogen and oxygen atoms in total. The third-order valence-corrected chi connectivity index (χ3v) is 3.39. The molecule has 2 heterocycles. The number of carbonyl (C=O) groups is 1. The molecule has 2 rings (SSSR count). The zero-order chi connectivity index (χ0) is 13.0. The fourth-order valence-corrected chi connectivity index (χ4v) is 2.25. The molecule has 0 aliphatic heterocycles. The second-order valence-corrected chi connectivity index (χ2v) is 4.81. The van der Waals surface area contributed by atoms with E-state index in [9.17, 15) is 4.79 Å². The van der Waals surface area contributed by atoms with E-state index in [1.807, 2.05) is 11.4 Å². The third-order valence-electron chi connectivity index (χ3n) is 2.46. The van der Waals surface area contributed by atoms with Crippen LogP contribution in [0.2, 0.25) is 0 Å². The summed E-state index contributed by atoms with van der Waals surface area (Å²) < 4.78 is 0. The van der Waals surface area contributed by atoms with E-state index in [-0.39, 0.29) is 0 Å². The molecule has 6 heteroatoms. The Kier molecular flexibility index (Phi) is 3.78. The molecule has 0 atom stereocenters. The lowest BCUT2D eigenvalue weighted by atomic mass is 10.2. The molecule has 0 spiro atoms. The summed E-state index contributed by atoms with van der Waals surface area (Å²) in [5.74, 6) is 0.0609. The predicted octanol–water partition coefficient (Wildman–Crippen LogP) is 1.48. The Balaban J connectivity index is 1.97. The monoisotopic (exact) mass is 262 g/mol. The van der Waals surface area contributed by atoms with Crippen LogP contribution in [0.5, 0.6) is 0 Å². The first-order valence-corrected chi connectivity index (χ1v) is 6.36. The average molecular weight is 262 g/mol. The van der Waals surface area contributed by atoms with E-state index in [0.29, 0.717) is 17.1 Å². The van der Waals surface area contributed by atoms with Gasteiger partial charge in [0.15, 0.2) is 0 Å². The highest BCUT2D eigenvalue weighted by Crippen LogP contribution is 2.14. The van der Waals surface area contributed by atoms with Gasteiger partial charge in [-0.25, -0.2) is 4.98 Å². The average Bonchev–Trinajstić information content (AvgIpc) is 2.84.